The number of halogens is 1. The van der Waals surface area contributed by atoms with Crippen LogP contribution in [0.2, 0.25) is 0 Å². The zero-order valence-electron chi connectivity index (χ0n) is 18.1. The van der Waals surface area contributed by atoms with Crippen LogP contribution in [0, 0.1) is 5.82 Å². The van der Waals surface area contributed by atoms with Crippen LogP contribution in [0.5, 0.6) is 0 Å². The van der Waals surface area contributed by atoms with Gasteiger partial charge in [0.05, 0.1) is 28.7 Å². The van der Waals surface area contributed by atoms with Gasteiger partial charge in [0.2, 0.25) is 5.91 Å². The molecule has 172 valence electrons. The number of hydrogen-bond acceptors (Lipinski definition) is 7. The third-order valence-electron chi connectivity index (χ3n) is 6.15. The van der Waals surface area contributed by atoms with Gasteiger partial charge in [-0.1, -0.05) is 11.8 Å². The Morgan fingerprint density at radius 2 is 1.97 bits per heavy atom. The molecule has 0 saturated carbocycles. The van der Waals surface area contributed by atoms with Crippen LogP contribution in [-0.2, 0) is 17.9 Å². The van der Waals surface area contributed by atoms with Gasteiger partial charge in [-0.15, -0.1) is 0 Å². The second kappa shape index (κ2) is 9.58. The number of pyridine rings is 1. The van der Waals surface area contributed by atoms with Crippen LogP contribution in [0.4, 0.5) is 10.1 Å². The fraction of sp³-hybridized carbons (Fsp3) is 0.391. The normalized spacial score (nSPS) is 17.2. The summed E-state index contributed by atoms with van der Waals surface area (Å²) in [6.07, 6.45) is 5.18. The van der Waals surface area contributed by atoms with Crippen LogP contribution in [-0.4, -0.2) is 56.8 Å². The Hall–Kier alpha value is -2.82. The second-order valence-electron chi connectivity index (χ2n) is 8.41. The molecule has 10 heteroatoms. The van der Waals surface area contributed by atoms with Crippen molar-refractivity contribution in [3.8, 4) is 0 Å². The SMILES string of the molecule is O=C1CSc2ncc(CNC3CCN(CCn4c(=O)cnc5ccc(F)cc54)CC3)cc2N1. The quantitative estimate of drug-likeness (QED) is 0.573. The van der Waals surface area contributed by atoms with Gasteiger partial charge < -0.3 is 20.1 Å². The van der Waals surface area contributed by atoms with Crippen LogP contribution in [0.15, 0.2) is 46.5 Å². The Morgan fingerprint density at radius 1 is 1.12 bits per heavy atom. The molecule has 2 aromatic heterocycles. The van der Waals surface area contributed by atoms with Crippen LogP contribution in [0.1, 0.15) is 18.4 Å². The second-order valence-corrected chi connectivity index (χ2v) is 9.38. The van der Waals surface area contributed by atoms with E-state index in [1.165, 1.54) is 30.1 Å². The summed E-state index contributed by atoms with van der Waals surface area (Å²) in [6, 6.07) is 6.73. The molecule has 1 amide bonds. The number of carbonyl (C=O) groups excluding carboxylic acids is 1. The Balaban J connectivity index is 1.13. The average molecular weight is 469 g/mol. The maximum Gasteiger partial charge on any atom is 0.269 e. The zero-order valence-corrected chi connectivity index (χ0v) is 18.9. The highest BCUT2D eigenvalue weighted by atomic mass is 32.2. The standard InChI is InChI=1S/C23H25FN6O2S/c24-16-1-2-18-20(10-16)30(22(32)13-26-18)8-7-29-5-3-17(4-6-29)25-11-15-9-19-23(27-12-15)33-14-21(31)28-19/h1-2,9-10,12-13,17,25H,3-8,11,14H2,(H,28,31). The van der Waals surface area contributed by atoms with E-state index in [-0.39, 0.29) is 17.3 Å². The van der Waals surface area contributed by atoms with Gasteiger partial charge in [-0.05, 0) is 55.8 Å². The van der Waals surface area contributed by atoms with Crippen molar-refractivity contribution in [3.63, 3.8) is 0 Å². The van der Waals surface area contributed by atoms with E-state index in [0.717, 1.165) is 48.8 Å². The van der Waals surface area contributed by atoms with Gasteiger partial charge in [0.15, 0.2) is 0 Å². The first kappa shape index (κ1) is 22.0. The summed E-state index contributed by atoms with van der Waals surface area (Å²) < 4.78 is 15.3. The molecule has 8 nitrogen and oxygen atoms in total. The van der Waals surface area contributed by atoms with Crippen molar-refractivity contribution < 1.29 is 9.18 Å². The number of nitrogens with one attached hydrogen (secondary N) is 2. The summed E-state index contributed by atoms with van der Waals surface area (Å²) in [7, 11) is 0. The largest absolute Gasteiger partial charge is 0.323 e. The van der Waals surface area contributed by atoms with Gasteiger partial charge in [0.1, 0.15) is 10.8 Å². The van der Waals surface area contributed by atoms with Gasteiger partial charge in [-0.3, -0.25) is 9.59 Å². The molecule has 3 aromatic rings. The molecule has 0 unspecified atom stereocenters. The average Bonchev–Trinajstić information content (AvgIpc) is 2.82. The van der Waals surface area contributed by atoms with Crippen molar-refractivity contribution in [1.29, 1.82) is 0 Å². The number of thioether (sulfide) groups is 1. The van der Waals surface area contributed by atoms with Gasteiger partial charge in [-0.2, -0.15) is 0 Å². The predicted octanol–water partition coefficient (Wildman–Crippen LogP) is 2.23. The Bertz CT molecular complexity index is 1240. The number of likely N-dealkylation sites (tertiary alicyclic amines) is 1. The maximum absolute atomic E-state index is 13.7. The molecule has 0 radical (unpaired) electrons. The molecule has 4 heterocycles. The summed E-state index contributed by atoms with van der Waals surface area (Å²) in [5.74, 6) is 0.0590. The van der Waals surface area contributed by atoms with E-state index in [1.807, 2.05) is 12.3 Å². The molecule has 33 heavy (non-hydrogen) atoms. The number of aromatic nitrogens is 3. The molecule has 2 aliphatic heterocycles. The first-order chi connectivity index (χ1) is 16.0. The third-order valence-corrected chi connectivity index (χ3v) is 7.16. The lowest BCUT2D eigenvalue weighted by molar-refractivity contribution is -0.113. The van der Waals surface area contributed by atoms with Gasteiger partial charge in [0, 0.05) is 31.9 Å². The van der Waals surface area contributed by atoms with E-state index >= 15 is 0 Å². The van der Waals surface area contributed by atoms with Crippen LogP contribution < -0.4 is 16.2 Å². The van der Waals surface area contributed by atoms with E-state index in [9.17, 15) is 14.0 Å². The number of rotatable bonds is 6. The van der Waals surface area contributed by atoms with Gasteiger partial charge >= 0.3 is 0 Å². The smallest absolute Gasteiger partial charge is 0.269 e. The van der Waals surface area contributed by atoms with E-state index < -0.39 is 0 Å². The highest BCUT2D eigenvalue weighted by Crippen LogP contribution is 2.29. The molecule has 0 aliphatic carbocycles. The molecule has 5 rings (SSSR count). The van der Waals surface area contributed by atoms with Crippen LogP contribution in [0.3, 0.4) is 0 Å². The third kappa shape index (κ3) is 5.07. The first-order valence-corrected chi connectivity index (χ1v) is 12.1. The number of piperidine rings is 1. The van der Waals surface area contributed by atoms with Crippen LogP contribution >= 0.6 is 11.8 Å². The molecular weight excluding hydrogens is 443 g/mol. The molecular formula is C23H25FN6O2S. The van der Waals surface area contributed by atoms with Crippen molar-refractivity contribution in [3.05, 3.63) is 58.4 Å². The molecule has 1 aromatic carbocycles. The fourth-order valence-electron chi connectivity index (χ4n) is 4.35. The summed E-state index contributed by atoms with van der Waals surface area (Å²) in [5.41, 5.74) is 2.79. The van der Waals surface area contributed by atoms with Crippen molar-refractivity contribution in [2.45, 2.75) is 37.0 Å². The van der Waals surface area contributed by atoms with Gasteiger partial charge in [-0.25, -0.2) is 14.4 Å². The maximum atomic E-state index is 13.7. The number of hydrogen-bond donors (Lipinski definition) is 2. The lowest BCUT2D eigenvalue weighted by Crippen LogP contribution is -2.43. The molecule has 2 aliphatic rings. The van der Waals surface area contributed by atoms with Crippen molar-refractivity contribution in [2.75, 3.05) is 30.7 Å². The zero-order chi connectivity index (χ0) is 22.8. The number of nitrogens with zero attached hydrogens (tertiary/aromatic N) is 4. The summed E-state index contributed by atoms with van der Waals surface area (Å²) in [6.45, 7) is 3.80. The highest BCUT2D eigenvalue weighted by Gasteiger charge is 2.20. The molecule has 0 spiro atoms. The van der Waals surface area contributed by atoms with Crippen molar-refractivity contribution >= 4 is 34.4 Å². The minimum Gasteiger partial charge on any atom is -0.323 e. The van der Waals surface area contributed by atoms with Crippen molar-refractivity contribution in [2.24, 2.45) is 0 Å². The summed E-state index contributed by atoms with van der Waals surface area (Å²) >= 11 is 1.46. The number of fused-ring (bicyclic) bond motifs is 2. The number of benzene rings is 1. The minimum atomic E-state index is -0.370. The Kier molecular flexibility index (Phi) is 6.39. The van der Waals surface area contributed by atoms with E-state index in [2.05, 4.69) is 25.5 Å². The fourth-order valence-corrected chi connectivity index (χ4v) is 5.08. The number of anilines is 1. The Labute approximate surface area is 194 Å². The van der Waals surface area contributed by atoms with E-state index in [4.69, 9.17) is 0 Å². The predicted molar refractivity (Wildman–Crippen MR) is 126 cm³/mol. The van der Waals surface area contributed by atoms with E-state index in [1.54, 1.807) is 10.6 Å². The van der Waals surface area contributed by atoms with Gasteiger partial charge in [0.25, 0.3) is 5.56 Å². The molecule has 1 fully saturated rings. The monoisotopic (exact) mass is 468 g/mol. The minimum absolute atomic E-state index is 0.0129. The first-order valence-electron chi connectivity index (χ1n) is 11.1. The number of amides is 1. The lowest BCUT2D eigenvalue weighted by atomic mass is 10.0. The molecule has 0 bridgehead atoms. The topological polar surface area (TPSA) is 92.2 Å². The Morgan fingerprint density at radius 3 is 2.82 bits per heavy atom. The van der Waals surface area contributed by atoms with E-state index in [0.29, 0.717) is 35.9 Å². The van der Waals surface area contributed by atoms with Crippen LogP contribution in [0.25, 0.3) is 11.0 Å². The molecule has 1 saturated heterocycles. The van der Waals surface area contributed by atoms with Crippen molar-refractivity contribution in [1.82, 2.24) is 24.8 Å². The number of carbonyl (C=O) groups is 1. The molecule has 0 atom stereocenters. The highest BCUT2D eigenvalue weighted by molar-refractivity contribution is 8.00. The molecule has 2 N–H and O–H groups in total. The summed E-state index contributed by atoms with van der Waals surface area (Å²) in [5, 5.41) is 7.35. The summed E-state index contributed by atoms with van der Waals surface area (Å²) in [4.78, 5) is 34.8. The lowest BCUT2D eigenvalue weighted by Gasteiger charge is -2.32.